The summed E-state index contributed by atoms with van der Waals surface area (Å²) >= 11 is 11.4. The SMILES string of the molecule is O=C(COC(=O)c1cc(Cl)c[nH]1)c1ccc(Cl)cc1. The average Bonchev–Trinajstić information content (AvgIpc) is 2.83. The van der Waals surface area contributed by atoms with Gasteiger partial charge in [0.05, 0.1) is 5.02 Å². The summed E-state index contributed by atoms with van der Waals surface area (Å²) in [5.74, 6) is -0.933. The molecule has 0 fully saturated rings. The Kier molecular flexibility index (Phi) is 4.24. The lowest BCUT2D eigenvalue weighted by atomic mass is 10.1. The highest BCUT2D eigenvalue weighted by Crippen LogP contribution is 2.12. The van der Waals surface area contributed by atoms with Crippen molar-refractivity contribution in [2.75, 3.05) is 6.61 Å². The Morgan fingerprint density at radius 3 is 2.37 bits per heavy atom. The number of esters is 1. The summed E-state index contributed by atoms with van der Waals surface area (Å²) in [6.07, 6.45) is 1.46. The van der Waals surface area contributed by atoms with Gasteiger partial charge in [0.1, 0.15) is 5.69 Å². The minimum Gasteiger partial charge on any atom is -0.453 e. The minimum atomic E-state index is -0.630. The number of hydrogen-bond donors (Lipinski definition) is 1. The van der Waals surface area contributed by atoms with Crippen LogP contribution in [-0.2, 0) is 4.74 Å². The number of H-pyrrole nitrogens is 1. The Morgan fingerprint density at radius 1 is 1.11 bits per heavy atom. The summed E-state index contributed by atoms with van der Waals surface area (Å²) in [5, 5.41) is 0.936. The van der Waals surface area contributed by atoms with Crippen LogP contribution in [0.5, 0.6) is 0 Å². The van der Waals surface area contributed by atoms with Crippen LogP contribution in [-0.4, -0.2) is 23.3 Å². The molecule has 1 N–H and O–H groups in total. The van der Waals surface area contributed by atoms with Crippen molar-refractivity contribution in [1.29, 1.82) is 0 Å². The maximum Gasteiger partial charge on any atom is 0.355 e. The van der Waals surface area contributed by atoms with E-state index >= 15 is 0 Å². The molecule has 0 aliphatic carbocycles. The molecule has 0 unspecified atom stereocenters. The molecule has 98 valence electrons. The van der Waals surface area contributed by atoms with Crippen molar-refractivity contribution in [3.05, 3.63) is 57.8 Å². The van der Waals surface area contributed by atoms with E-state index in [-0.39, 0.29) is 18.1 Å². The van der Waals surface area contributed by atoms with Crippen LogP contribution >= 0.6 is 23.2 Å². The fraction of sp³-hybridized carbons (Fsp3) is 0.0769. The third kappa shape index (κ3) is 3.59. The van der Waals surface area contributed by atoms with E-state index in [2.05, 4.69) is 4.98 Å². The van der Waals surface area contributed by atoms with E-state index in [0.29, 0.717) is 15.6 Å². The molecule has 0 bridgehead atoms. The summed E-state index contributed by atoms with van der Waals surface area (Å²) in [4.78, 5) is 25.9. The number of nitrogens with one attached hydrogen (secondary N) is 1. The van der Waals surface area contributed by atoms with Gasteiger partial charge in [-0.2, -0.15) is 0 Å². The molecule has 19 heavy (non-hydrogen) atoms. The van der Waals surface area contributed by atoms with Gasteiger partial charge in [0.25, 0.3) is 0 Å². The van der Waals surface area contributed by atoms with Gasteiger partial charge < -0.3 is 9.72 Å². The maximum atomic E-state index is 11.7. The Balaban J connectivity index is 1.93. The van der Waals surface area contributed by atoms with E-state index in [4.69, 9.17) is 27.9 Å². The molecule has 6 heteroatoms. The summed E-state index contributed by atoms with van der Waals surface area (Å²) < 4.78 is 4.88. The molecule has 0 aliphatic heterocycles. The number of carbonyl (C=O) groups is 2. The second kappa shape index (κ2) is 5.91. The van der Waals surface area contributed by atoms with Crippen molar-refractivity contribution >= 4 is 35.0 Å². The van der Waals surface area contributed by atoms with Gasteiger partial charge in [-0.05, 0) is 30.3 Å². The van der Waals surface area contributed by atoms with Gasteiger partial charge in [0, 0.05) is 16.8 Å². The van der Waals surface area contributed by atoms with Crippen LogP contribution < -0.4 is 0 Å². The Labute approximate surface area is 119 Å². The molecule has 0 saturated heterocycles. The zero-order chi connectivity index (χ0) is 13.8. The molecule has 0 amide bonds. The number of ketones is 1. The molecule has 0 saturated carbocycles. The lowest BCUT2D eigenvalue weighted by Gasteiger charge is -2.03. The molecule has 0 aliphatic rings. The van der Waals surface area contributed by atoms with Crippen molar-refractivity contribution in [3.8, 4) is 0 Å². The summed E-state index contributed by atoms with van der Waals surface area (Å²) in [7, 11) is 0. The van der Waals surface area contributed by atoms with Crippen molar-refractivity contribution in [3.63, 3.8) is 0 Å². The summed E-state index contributed by atoms with van der Waals surface area (Å²) in [6, 6.07) is 7.77. The third-order valence-electron chi connectivity index (χ3n) is 2.37. The first kappa shape index (κ1) is 13.6. The molecular formula is C13H9Cl2NO3. The van der Waals surface area contributed by atoms with Crippen LogP contribution in [0.25, 0.3) is 0 Å². The number of ether oxygens (including phenoxy) is 1. The zero-order valence-corrected chi connectivity index (χ0v) is 11.2. The monoisotopic (exact) mass is 297 g/mol. The Bertz CT molecular complexity index is 605. The van der Waals surface area contributed by atoms with Crippen molar-refractivity contribution in [2.45, 2.75) is 0 Å². The maximum absolute atomic E-state index is 11.7. The second-order valence-electron chi connectivity index (χ2n) is 3.74. The fourth-order valence-corrected chi connectivity index (χ4v) is 1.70. The molecule has 2 aromatic rings. The minimum absolute atomic E-state index is 0.203. The first-order valence-electron chi connectivity index (χ1n) is 5.36. The zero-order valence-electron chi connectivity index (χ0n) is 9.65. The highest BCUT2D eigenvalue weighted by atomic mass is 35.5. The van der Waals surface area contributed by atoms with Crippen molar-refractivity contribution in [1.82, 2.24) is 4.98 Å². The van der Waals surface area contributed by atoms with Gasteiger partial charge in [0.2, 0.25) is 0 Å². The average molecular weight is 298 g/mol. The molecule has 4 nitrogen and oxygen atoms in total. The number of Topliss-reactive ketones (excluding diaryl/α,β-unsaturated/α-hetero) is 1. The summed E-state index contributed by atoms with van der Waals surface area (Å²) in [5.41, 5.74) is 0.635. The number of halogens is 2. The number of aromatic nitrogens is 1. The first-order chi connectivity index (χ1) is 9.06. The summed E-state index contributed by atoms with van der Waals surface area (Å²) in [6.45, 7) is -0.336. The number of rotatable bonds is 4. The van der Waals surface area contributed by atoms with Crippen LogP contribution in [0.15, 0.2) is 36.5 Å². The molecule has 2 rings (SSSR count). The van der Waals surface area contributed by atoms with Crippen LogP contribution in [0.2, 0.25) is 10.0 Å². The second-order valence-corrected chi connectivity index (χ2v) is 4.61. The quantitative estimate of drug-likeness (QED) is 0.695. The molecule has 1 aromatic heterocycles. The van der Waals surface area contributed by atoms with Gasteiger partial charge in [-0.15, -0.1) is 0 Å². The van der Waals surface area contributed by atoms with E-state index < -0.39 is 5.97 Å². The molecule has 1 heterocycles. The smallest absolute Gasteiger partial charge is 0.355 e. The van der Waals surface area contributed by atoms with E-state index in [0.717, 1.165) is 0 Å². The van der Waals surface area contributed by atoms with Crippen LogP contribution in [0.3, 0.4) is 0 Å². The molecule has 1 aromatic carbocycles. The molecule has 0 spiro atoms. The standard InChI is InChI=1S/C13H9Cl2NO3/c14-9-3-1-8(2-4-9)12(17)7-19-13(18)11-5-10(15)6-16-11/h1-6,16H,7H2. The number of benzene rings is 1. The van der Waals surface area contributed by atoms with Gasteiger partial charge in [-0.3, -0.25) is 4.79 Å². The molecule has 0 radical (unpaired) electrons. The predicted molar refractivity (Wildman–Crippen MR) is 71.9 cm³/mol. The van der Waals surface area contributed by atoms with Gasteiger partial charge in [-0.25, -0.2) is 4.79 Å². The number of carbonyl (C=O) groups excluding carboxylic acids is 2. The van der Waals surface area contributed by atoms with Crippen LogP contribution in [0, 0.1) is 0 Å². The van der Waals surface area contributed by atoms with Crippen molar-refractivity contribution in [2.24, 2.45) is 0 Å². The first-order valence-corrected chi connectivity index (χ1v) is 6.11. The van der Waals surface area contributed by atoms with Crippen molar-refractivity contribution < 1.29 is 14.3 Å². The fourth-order valence-electron chi connectivity index (χ4n) is 1.41. The third-order valence-corrected chi connectivity index (χ3v) is 2.84. The Hall–Kier alpha value is -1.78. The largest absolute Gasteiger partial charge is 0.453 e. The van der Waals surface area contributed by atoms with Crippen LogP contribution in [0.4, 0.5) is 0 Å². The lowest BCUT2D eigenvalue weighted by molar-refractivity contribution is 0.0469. The number of hydrogen-bond acceptors (Lipinski definition) is 3. The van der Waals surface area contributed by atoms with Gasteiger partial charge in [-0.1, -0.05) is 23.2 Å². The highest BCUT2D eigenvalue weighted by Gasteiger charge is 2.13. The predicted octanol–water partition coefficient (Wildman–Crippen LogP) is 3.36. The lowest BCUT2D eigenvalue weighted by Crippen LogP contribution is -2.14. The van der Waals surface area contributed by atoms with Crippen LogP contribution in [0.1, 0.15) is 20.8 Å². The Morgan fingerprint density at radius 2 is 1.79 bits per heavy atom. The van der Waals surface area contributed by atoms with Gasteiger partial charge >= 0.3 is 5.97 Å². The normalized spacial score (nSPS) is 10.2. The van der Waals surface area contributed by atoms with E-state index in [1.165, 1.54) is 12.3 Å². The molecular weight excluding hydrogens is 289 g/mol. The number of aromatic amines is 1. The van der Waals surface area contributed by atoms with E-state index in [1.807, 2.05) is 0 Å². The van der Waals surface area contributed by atoms with E-state index in [9.17, 15) is 9.59 Å². The molecule has 0 atom stereocenters. The highest BCUT2D eigenvalue weighted by molar-refractivity contribution is 6.31. The van der Waals surface area contributed by atoms with E-state index in [1.54, 1.807) is 24.3 Å². The topological polar surface area (TPSA) is 59.2 Å². The van der Waals surface area contributed by atoms with Gasteiger partial charge in [0.15, 0.2) is 12.4 Å².